The Balaban J connectivity index is 2.31. The van der Waals surface area contributed by atoms with Gasteiger partial charge in [-0.05, 0) is 30.7 Å². The van der Waals surface area contributed by atoms with Gasteiger partial charge < -0.3 is 4.90 Å². The average Bonchev–Trinajstić information content (AvgIpc) is 2.48. The van der Waals surface area contributed by atoms with Crippen molar-refractivity contribution in [2.45, 2.75) is 29.2 Å². The molecule has 1 N–H and O–H groups in total. The lowest BCUT2D eigenvalue weighted by Gasteiger charge is -2.18. The fourth-order valence-electron chi connectivity index (χ4n) is 2.06. The van der Waals surface area contributed by atoms with Crippen LogP contribution in [0.15, 0.2) is 64.4 Å². The molecule has 0 heterocycles. The van der Waals surface area contributed by atoms with E-state index in [0.29, 0.717) is 6.04 Å². The van der Waals surface area contributed by atoms with E-state index in [-0.39, 0.29) is 0 Å². The Kier molecular flexibility index (Phi) is 5.10. The Morgan fingerprint density at radius 2 is 1.60 bits per heavy atom. The van der Waals surface area contributed by atoms with E-state index in [1.807, 2.05) is 48.5 Å². The maximum atomic E-state index is 12.7. The maximum Gasteiger partial charge on any atom is 0.0883 e. The van der Waals surface area contributed by atoms with Gasteiger partial charge in [0.05, 0.1) is 30.9 Å². The van der Waals surface area contributed by atoms with E-state index in [0.717, 1.165) is 16.2 Å². The molecule has 0 fully saturated rings. The SMILES string of the molecule is C[C@@H](Cc1ccccc1[S@@](=O)c1ccccc1)[NH+](C)C. The predicted molar refractivity (Wildman–Crippen MR) is 83.5 cm³/mol. The molecule has 2 atom stereocenters. The van der Waals surface area contributed by atoms with Crippen molar-refractivity contribution in [3.05, 3.63) is 60.2 Å². The first-order chi connectivity index (χ1) is 9.59. The van der Waals surface area contributed by atoms with E-state index in [1.54, 1.807) is 0 Å². The molecule has 0 spiro atoms. The van der Waals surface area contributed by atoms with Crippen molar-refractivity contribution in [1.29, 1.82) is 0 Å². The smallest absolute Gasteiger partial charge is 0.0883 e. The fourth-order valence-corrected chi connectivity index (χ4v) is 3.31. The maximum absolute atomic E-state index is 12.7. The summed E-state index contributed by atoms with van der Waals surface area (Å²) < 4.78 is 12.7. The molecule has 0 aliphatic carbocycles. The van der Waals surface area contributed by atoms with Crippen LogP contribution in [0.25, 0.3) is 0 Å². The second-order valence-electron chi connectivity index (χ2n) is 5.37. The normalized spacial score (nSPS) is 14.2. The third-order valence-corrected chi connectivity index (χ3v) is 5.14. The largest absolute Gasteiger partial charge is 0.337 e. The van der Waals surface area contributed by atoms with Crippen LogP contribution in [-0.2, 0) is 17.2 Å². The summed E-state index contributed by atoms with van der Waals surface area (Å²) in [7, 11) is 3.21. The molecule has 0 aromatic heterocycles. The third kappa shape index (κ3) is 3.56. The monoisotopic (exact) mass is 288 g/mol. The van der Waals surface area contributed by atoms with E-state index >= 15 is 0 Å². The predicted octanol–water partition coefficient (Wildman–Crippen LogP) is 1.93. The quantitative estimate of drug-likeness (QED) is 0.892. The van der Waals surface area contributed by atoms with Gasteiger partial charge in [0, 0.05) is 16.2 Å². The Morgan fingerprint density at radius 3 is 2.25 bits per heavy atom. The zero-order chi connectivity index (χ0) is 14.5. The Hall–Kier alpha value is -1.45. The van der Waals surface area contributed by atoms with Crippen LogP contribution < -0.4 is 4.90 Å². The summed E-state index contributed by atoms with van der Waals surface area (Å²) in [6.45, 7) is 2.22. The van der Waals surface area contributed by atoms with Crippen LogP contribution in [0.3, 0.4) is 0 Å². The van der Waals surface area contributed by atoms with Gasteiger partial charge in [-0.15, -0.1) is 0 Å². The topological polar surface area (TPSA) is 21.5 Å². The summed E-state index contributed by atoms with van der Waals surface area (Å²) in [6, 6.07) is 18.2. The van der Waals surface area contributed by atoms with Gasteiger partial charge in [0.1, 0.15) is 0 Å². The second-order valence-corrected chi connectivity index (χ2v) is 6.82. The van der Waals surface area contributed by atoms with Gasteiger partial charge in [0.25, 0.3) is 0 Å². The minimum Gasteiger partial charge on any atom is -0.337 e. The van der Waals surface area contributed by atoms with Crippen LogP contribution in [0.1, 0.15) is 12.5 Å². The summed E-state index contributed by atoms with van der Waals surface area (Å²) in [6.07, 6.45) is 0.942. The first-order valence-corrected chi connectivity index (χ1v) is 8.09. The standard InChI is InChI=1S/C17H21NOS/c1-14(18(2)3)13-15-9-7-8-12-17(15)20(19)16-10-5-4-6-11-16/h4-12,14H,13H2,1-3H3/p+1/t14-,20-/m0/s1. The molecular weight excluding hydrogens is 266 g/mol. The molecule has 3 heteroatoms. The van der Waals surface area contributed by atoms with E-state index in [1.165, 1.54) is 10.5 Å². The lowest BCUT2D eigenvalue weighted by Crippen LogP contribution is -3.09. The number of quaternary nitrogens is 1. The lowest BCUT2D eigenvalue weighted by molar-refractivity contribution is -0.883. The highest BCUT2D eigenvalue weighted by molar-refractivity contribution is 7.85. The van der Waals surface area contributed by atoms with Crippen LogP contribution in [-0.4, -0.2) is 24.3 Å². The van der Waals surface area contributed by atoms with Gasteiger partial charge >= 0.3 is 0 Å². The average molecular weight is 288 g/mol. The van der Waals surface area contributed by atoms with Gasteiger partial charge in [-0.2, -0.15) is 0 Å². The van der Waals surface area contributed by atoms with Crippen LogP contribution in [0.2, 0.25) is 0 Å². The van der Waals surface area contributed by atoms with E-state index in [4.69, 9.17) is 0 Å². The molecule has 2 aromatic rings. The first-order valence-electron chi connectivity index (χ1n) is 6.94. The van der Waals surface area contributed by atoms with Gasteiger partial charge in [-0.1, -0.05) is 36.4 Å². The van der Waals surface area contributed by atoms with Gasteiger partial charge in [0.15, 0.2) is 0 Å². The Morgan fingerprint density at radius 1 is 1.00 bits per heavy atom. The fraction of sp³-hybridized carbons (Fsp3) is 0.294. The summed E-state index contributed by atoms with van der Waals surface area (Å²) in [4.78, 5) is 3.21. The molecule has 0 amide bonds. The molecule has 0 unspecified atom stereocenters. The van der Waals surface area contributed by atoms with E-state index in [9.17, 15) is 4.21 Å². The highest BCUT2D eigenvalue weighted by atomic mass is 32.2. The van der Waals surface area contributed by atoms with Crippen LogP contribution in [0.4, 0.5) is 0 Å². The zero-order valence-electron chi connectivity index (χ0n) is 12.3. The minimum atomic E-state index is -1.10. The summed E-state index contributed by atoms with van der Waals surface area (Å²) in [5, 5.41) is 0. The first kappa shape index (κ1) is 14.9. The van der Waals surface area contributed by atoms with Crippen LogP contribution >= 0.6 is 0 Å². The molecule has 0 aliphatic heterocycles. The summed E-state index contributed by atoms with van der Waals surface area (Å²) >= 11 is 0. The van der Waals surface area contributed by atoms with Gasteiger partial charge in [-0.3, -0.25) is 0 Å². The number of hydrogen-bond acceptors (Lipinski definition) is 1. The molecule has 2 nitrogen and oxygen atoms in total. The van der Waals surface area contributed by atoms with Crippen LogP contribution in [0.5, 0.6) is 0 Å². The van der Waals surface area contributed by atoms with E-state index < -0.39 is 10.8 Å². The highest BCUT2D eigenvalue weighted by Crippen LogP contribution is 2.20. The summed E-state index contributed by atoms with van der Waals surface area (Å²) in [5.41, 5.74) is 1.18. The molecular formula is C17H22NOS+. The van der Waals surface area contributed by atoms with Crippen molar-refractivity contribution in [2.24, 2.45) is 0 Å². The number of rotatable bonds is 5. The molecule has 0 saturated carbocycles. The number of likely N-dealkylation sites (N-methyl/N-ethyl adjacent to an activating group) is 1. The lowest BCUT2D eigenvalue weighted by atomic mass is 10.1. The number of benzene rings is 2. The zero-order valence-corrected chi connectivity index (χ0v) is 13.1. The molecule has 0 saturated heterocycles. The van der Waals surface area contributed by atoms with Crippen molar-refractivity contribution < 1.29 is 9.11 Å². The Bertz CT molecular complexity index is 581. The Labute approximate surface area is 123 Å². The van der Waals surface area contributed by atoms with Crippen molar-refractivity contribution >= 4 is 10.8 Å². The number of hydrogen-bond donors (Lipinski definition) is 1. The molecule has 0 aliphatic rings. The third-order valence-electron chi connectivity index (χ3n) is 3.64. The second kappa shape index (κ2) is 6.82. The van der Waals surface area contributed by atoms with Gasteiger partial charge in [0.2, 0.25) is 0 Å². The van der Waals surface area contributed by atoms with Crippen molar-refractivity contribution in [3.63, 3.8) is 0 Å². The molecule has 20 heavy (non-hydrogen) atoms. The minimum absolute atomic E-state index is 0.504. The molecule has 0 bridgehead atoms. The molecule has 106 valence electrons. The van der Waals surface area contributed by atoms with Crippen molar-refractivity contribution in [3.8, 4) is 0 Å². The van der Waals surface area contributed by atoms with Gasteiger partial charge in [-0.25, -0.2) is 4.21 Å². The summed E-state index contributed by atoms with van der Waals surface area (Å²) in [5.74, 6) is 0. The van der Waals surface area contributed by atoms with Crippen LogP contribution in [0, 0.1) is 0 Å². The van der Waals surface area contributed by atoms with Crippen molar-refractivity contribution in [1.82, 2.24) is 0 Å². The molecule has 0 radical (unpaired) electrons. The molecule has 2 rings (SSSR count). The number of nitrogens with one attached hydrogen (secondary N) is 1. The highest BCUT2D eigenvalue weighted by Gasteiger charge is 2.16. The van der Waals surface area contributed by atoms with E-state index in [2.05, 4.69) is 27.1 Å². The molecule has 2 aromatic carbocycles. The van der Waals surface area contributed by atoms with Crippen molar-refractivity contribution in [2.75, 3.05) is 14.1 Å².